The summed E-state index contributed by atoms with van der Waals surface area (Å²) < 4.78 is 10.6. The summed E-state index contributed by atoms with van der Waals surface area (Å²) in [5.74, 6) is 1.51. The van der Waals surface area contributed by atoms with E-state index in [1.165, 1.54) is 4.90 Å². The third kappa shape index (κ3) is 6.02. The van der Waals surface area contributed by atoms with Crippen LogP contribution in [0.1, 0.15) is 5.56 Å². The number of ether oxygens (including phenoxy) is 2. The van der Waals surface area contributed by atoms with Gasteiger partial charge < -0.3 is 24.6 Å². The Bertz CT molecular complexity index is 823. The molecule has 0 unspecified atom stereocenters. The van der Waals surface area contributed by atoms with Crippen LogP contribution in [0.3, 0.4) is 0 Å². The van der Waals surface area contributed by atoms with Gasteiger partial charge in [0.15, 0.2) is 18.0 Å². The van der Waals surface area contributed by atoms with Crippen LogP contribution < -0.4 is 24.6 Å². The SMILES string of the molecule is COc1ccc(CCNC(=O)C[NH+]2CCN(c3cccc(Cl)c3)CC2)cc1OC. The summed E-state index contributed by atoms with van der Waals surface area (Å²) in [6, 6.07) is 13.8. The van der Waals surface area contributed by atoms with Gasteiger partial charge in [0.25, 0.3) is 5.91 Å². The topological polar surface area (TPSA) is 55.2 Å². The second kappa shape index (κ2) is 10.4. The summed E-state index contributed by atoms with van der Waals surface area (Å²) in [4.78, 5) is 15.9. The monoisotopic (exact) mass is 418 g/mol. The fourth-order valence-electron chi connectivity index (χ4n) is 3.60. The number of nitrogens with zero attached hydrogens (tertiary/aromatic N) is 1. The Balaban J connectivity index is 1.39. The lowest BCUT2D eigenvalue weighted by Crippen LogP contribution is -3.16. The number of quaternary nitrogens is 1. The number of amides is 1. The molecule has 1 fully saturated rings. The van der Waals surface area contributed by atoms with Crippen molar-refractivity contribution in [2.75, 3.05) is 58.4 Å². The molecule has 7 heteroatoms. The van der Waals surface area contributed by atoms with Gasteiger partial charge in [0.05, 0.1) is 40.4 Å². The number of methoxy groups -OCH3 is 2. The van der Waals surface area contributed by atoms with Crippen LogP contribution in [0.25, 0.3) is 0 Å². The highest BCUT2D eigenvalue weighted by Gasteiger charge is 2.22. The van der Waals surface area contributed by atoms with Crippen molar-refractivity contribution in [2.24, 2.45) is 0 Å². The number of halogens is 1. The van der Waals surface area contributed by atoms with E-state index in [1.54, 1.807) is 14.2 Å². The smallest absolute Gasteiger partial charge is 0.275 e. The quantitative estimate of drug-likeness (QED) is 0.680. The molecular formula is C22H29ClN3O3+. The molecule has 0 radical (unpaired) electrons. The zero-order chi connectivity index (χ0) is 20.6. The van der Waals surface area contributed by atoms with Crippen LogP contribution in [0, 0.1) is 0 Å². The normalized spacial score (nSPS) is 14.5. The summed E-state index contributed by atoms with van der Waals surface area (Å²) in [6.45, 7) is 4.85. The van der Waals surface area contributed by atoms with E-state index < -0.39 is 0 Å². The van der Waals surface area contributed by atoms with Crippen molar-refractivity contribution in [1.82, 2.24) is 5.32 Å². The number of rotatable bonds is 8. The Morgan fingerprint density at radius 1 is 1.10 bits per heavy atom. The third-order valence-electron chi connectivity index (χ3n) is 5.24. The lowest BCUT2D eigenvalue weighted by Gasteiger charge is -2.33. The lowest BCUT2D eigenvalue weighted by atomic mass is 10.1. The molecule has 1 heterocycles. The number of piperazine rings is 1. The first kappa shape index (κ1) is 21.3. The van der Waals surface area contributed by atoms with Crippen molar-refractivity contribution < 1.29 is 19.2 Å². The number of benzene rings is 2. The van der Waals surface area contributed by atoms with E-state index in [4.69, 9.17) is 21.1 Å². The minimum absolute atomic E-state index is 0.0942. The second-order valence-electron chi connectivity index (χ2n) is 7.18. The number of carbonyl (C=O) groups excluding carboxylic acids is 1. The Labute approximate surface area is 177 Å². The maximum atomic E-state index is 12.3. The molecule has 0 atom stereocenters. The third-order valence-corrected chi connectivity index (χ3v) is 5.47. The molecule has 3 rings (SSSR count). The number of nitrogens with one attached hydrogen (secondary N) is 2. The van der Waals surface area contributed by atoms with E-state index in [0.717, 1.165) is 48.9 Å². The Morgan fingerprint density at radius 2 is 1.86 bits per heavy atom. The lowest BCUT2D eigenvalue weighted by molar-refractivity contribution is -0.892. The standard InChI is InChI=1S/C22H28ClN3O3/c1-28-20-7-6-17(14-21(20)29-2)8-9-24-22(27)16-25-10-12-26(13-11-25)19-5-3-4-18(23)15-19/h3-7,14-15H,8-13,16H2,1-2H3,(H,24,27)/p+1. The second-order valence-corrected chi connectivity index (χ2v) is 7.62. The Hall–Kier alpha value is -2.44. The van der Waals surface area contributed by atoms with Crippen molar-refractivity contribution in [3.63, 3.8) is 0 Å². The van der Waals surface area contributed by atoms with Crippen LogP contribution in [0.2, 0.25) is 5.02 Å². The number of hydrogen-bond acceptors (Lipinski definition) is 4. The van der Waals surface area contributed by atoms with E-state index in [0.29, 0.717) is 24.6 Å². The molecular weight excluding hydrogens is 390 g/mol. The first-order chi connectivity index (χ1) is 14.1. The molecule has 2 aromatic rings. The van der Waals surface area contributed by atoms with Crippen LogP contribution in [0.4, 0.5) is 5.69 Å². The van der Waals surface area contributed by atoms with Crippen molar-refractivity contribution in [1.29, 1.82) is 0 Å². The van der Waals surface area contributed by atoms with Crippen LogP contribution >= 0.6 is 11.6 Å². The first-order valence-electron chi connectivity index (χ1n) is 9.90. The molecule has 0 saturated carbocycles. The highest BCUT2D eigenvalue weighted by atomic mass is 35.5. The summed E-state index contributed by atoms with van der Waals surface area (Å²) >= 11 is 6.09. The van der Waals surface area contributed by atoms with Gasteiger partial charge in [-0.15, -0.1) is 0 Å². The van der Waals surface area contributed by atoms with Gasteiger partial charge in [-0.1, -0.05) is 23.7 Å². The van der Waals surface area contributed by atoms with Gasteiger partial charge in [-0.25, -0.2) is 0 Å². The van der Waals surface area contributed by atoms with E-state index >= 15 is 0 Å². The minimum Gasteiger partial charge on any atom is -0.493 e. The predicted octanol–water partition coefficient (Wildman–Crippen LogP) is 1.42. The molecule has 0 aromatic heterocycles. The molecule has 2 aromatic carbocycles. The highest BCUT2D eigenvalue weighted by Crippen LogP contribution is 2.27. The van der Waals surface area contributed by atoms with Gasteiger partial charge in [-0.2, -0.15) is 0 Å². The largest absolute Gasteiger partial charge is 0.493 e. The van der Waals surface area contributed by atoms with Crippen LogP contribution in [0.5, 0.6) is 11.5 Å². The zero-order valence-corrected chi connectivity index (χ0v) is 17.8. The maximum absolute atomic E-state index is 12.3. The average Bonchev–Trinajstić information content (AvgIpc) is 2.74. The molecule has 0 bridgehead atoms. The van der Waals surface area contributed by atoms with E-state index in [-0.39, 0.29) is 5.91 Å². The summed E-state index contributed by atoms with van der Waals surface area (Å²) in [5, 5.41) is 3.79. The molecule has 1 amide bonds. The highest BCUT2D eigenvalue weighted by molar-refractivity contribution is 6.30. The van der Waals surface area contributed by atoms with Crippen molar-refractivity contribution >= 4 is 23.2 Å². The van der Waals surface area contributed by atoms with Crippen molar-refractivity contribution in [3.05, 3.63) is 53.1 Å². The molecule has 156 valence electrons. The fraction of sp³-hybridized carbons (Fsp3) is 0.409. The molecule has 6 nitrogen and oxygen atoms in total. The molecule has 2 N–H and O–H groups in total. The molecule has 1 aliphatic rings. The summed E-state index contributed by atoms with van der Waals surface area (Å²) in [6.07, 6.45) is 0.754. The molecule has 0 spiro atoms. The van der Waals surface area contributed by atoms with Gasteiger partial charge in [0, 0.05) is 17.3 Å². The van der Waals surface area contributed by atoms with Crippen LogP contribution in [-0.2, 0) is 11.2 Å². The van der Waals surface area contributed by atoms with Gasteiger partial charge in [-0.05, 0) is 42.3 Å². The molecule has 1 saturated heterocycles. The summed E-state index contributed by atoms with van der Waals surface area (Å²) in [5.41, 5.74) is 2.25. The van der Waals surface area contributed by atoms with E-state index in [2.05, 4.69) is 16.3 Å². The van der Waals surface area contributed by atoms with E-state index in [9.17, 15) is 4.79 Å². The van der Waals surface area contributed by atoms with Gasteiger partial charge in [0.2, 0.25) is 0 Å². The predicted molar refractivity (Wildman–Crippen MR) is 115 cm³/mol. The van der Waals surface area contributed by atoms with Gasteiger partial charge >= 0.3 is 0 Å². The van der Waals surface area contributed by atoms with Crippen molar-refractivity contribution in [3.8, 4) is 11.5 Å². The molecule has 29 heavy (non-hydrogen) atoms. The first-order valence-corrected chi connectivity index (χ1v) is 10.3. The fourth-order valence-corrected chi connectivity index (χ4v) is 3.79. The number of hydrogen-bond donors (Lipinski definition) is 2. The summed E-state index contributed by atoms with van der Waals surface area (Å²) in [7, 11) is 3.24. The van der Waals surface area contributed by atoms with E-state index in [1.807, 2.05) is 36.4 Å². The number of anilines is 1. The maximum Gasteiger partial charge on any atom is 0.275 e. The molecule has 1 aliphatic heterocycles. The van der Waals surface area contributed by atoms with Gasteiger partial charge in [0.1, 0.15) is 0 Å². The van der Waals surface area contributed by atoms with Crippen molar-refractivity contribution in [2.45, 2.75) is 6.42 Å². The Morgan fingerprint density at radius 3 is 2.55 bits per heavy atom. The average molecular weight is 419 g/mol. The molecule has 0 aliphatic carbocycles. The van der Waals surface area contributed by atoms with Crippen LogP contribution in [-0.4, -0.2) is 59.4 Å². The number of carbonyl (C=O) groups is 1. The van der Waals surface area contributed by atoms with Crippen LogP contribution in [0.15, 0.2) is 42.5 Å². The Kier molecular flexibility index (Phi) is 7.61. The zero-order valence-electron chi connectivity index (χ0n) is 17.0. The van der Waals surface area contributed by atoms with Gasteiger partial charge in [-0.3, -0.25) is 4.79 Å². The minimum atomic E-state index is 0.0942.